The molecule has 1 heterocycles. The minimum absolute atomic E-state index is 0.0669. The Labute approximate surface area is 134 Å². The smallest absolute Gasteiger partial charge is 0.238 e. The van der Waals surface area contributed by atoms with Gasteiger partial charge in [0.15, 0.2) is 9.84 Å². The van der Waals surface area contributed by atoms with Gasteiger partial charge in [-0.3, -0.25) is 9.69 Å². The molecule has 0 aliphatic carbocycles. The van der Waals surface area contributed by atoms with E-state index >= 15 is 0 Å². The van der Waals surface area contributed by atoms with Gasteiger partial charge in [-0.05, 0) is 37.6 Å². The third-order valence-corrected chi connectivity index (χ3v) is 5.67. The van der Waals surface area contributed by atoms with Gasteiger partial charge in [0.05, 0.1) is 28.8 Å². The van der Waals surface area contributed by atoms with Gasteiger partial charge in [0, 0.05) is 6.54 Å². The summed E-state index contributed by atoms with van der Waals surface area (Å²) >= 11 is 5.84. The number of nitrogens with one attached hydrogen (secondary N) is 1. The van der Waals surface area contributed by atoms with Crippen molar-refractivity contribution in [2.45, 2.75) is 6.42 Å². The van der Waals surface area contributed by atoms with Gasteiger partial charge in [0.25, 0.3) is 0 Å². The van der Waals surface area contributed by atoms with Crippen molar-refractivity contribution in [3.63, 3.8) is 0 Å². The van der Waals surface area contributed by atoms with Gasteiger partial charge >= 0.3 is 0 Å². The van der Waals surface area contributed by atoms with Gasteiger partial charge < -0.3 is 5.32 Å². The highest BCUT2D eigenvalue weighted by Crippen LogP contribution is 2.22. The Morgan fingerprint density at radius 1 is 1.50 bits per heavy atom. The summed E-state index contributed by atoms with van der Waals surface area (Å²) in [5, 5.41) is 2.75. The second-order valence-corrected chi connectivity index (χ2v) is 8.27. The number of rotatable bonds is 5. The van der Waals surface area contributed by atoms with Crippen LogP contribution in [-0.4, -0.2) is 50.9 Å². The van der Waals surface area contributed by atoms with E-state index in [-0.39, 0.29) is 34.9 Å². The molecular formula is C14H18ClFN2O3S. The largest absolute Gasteiger partial charge is 0.324 e. The first-order valence-electron chi connectivity index (χ1n) is 6.89. The van der Waals surface area contributed by atoms with E-state index in [9.17, 15) is 17.6 Å². The molecule has 1 aliphatic heterocycles. The van der Waals surface area contributed by atoms with Crippen molar-refractivity contribution in [1.29, 1.82) is 0 Å². The SMILES string of the molecule is CN(CC(=O)Nc1ccc(F)cc1Cl)C[C@H]1CCS(=O)(=O)C1. The lowest BCUT2D eigenvalue weighted by Gasteiger charge is -2.19. The lowest BCUT2D eigenvalue weighted by molar-refractivity contribution is -0.117. The number of amides is 1. The predicted octanol–water partition coefficient (Wildman–Crippen LogP) is 1.78. The standard InChI is InChI=1S/C14H18ClFN2O3S/c1-18(7-10-4-5-22(20,21)9-10)8-14(19)17-13-3-2-11(16)6-12(13)15/h2-3,6,10H,4-5,7-9H2,1H3,(H,17,19)/t10-/m1/s1. The fourth-order valence-corrected chi connectivity index (χ4v) is 4.61. The molecule has 0 aromatic heterocycles. The molecule has 1 aromatic rings. The molecule has 0 unspecified atom stereocenters. The number of halogens is 2. The number of sulfone groups is 1. The predicted molar refractivity (Wildman–Crippen MR) is 84.3 cm³/mol. The van der Waals surface area contributed by atoms with Crippen molar-refractivity contribution in [3.05, 3.63) is 29.0 Å². The normalized spacial score (nSPS) is 20.3. The average Bonchev–Trinajstić information content (AvgIpc) is 2.71. The molecular weight excluding hydrogens is 331 g/mol. The topological polar surface area (TPSA) is 66.5 Å². The van der Waals surface area contributed by atoms with Crippen molar-refractivity contribution in [2.75, 3.05) is 37.0 Å². The Balaban J connectivity index is 1.84. The van der Waals surface area contributed by atoms with E-state index in [2.05, 4.69) is 5.32 Å². The van der Waals surface area contributed by atoms with Crippen molar-refractivity contribution >= 4 is 33.0 Å². The molecule has 1 saturated heterocycles. The van der Waals surface area contributed by atoms with Crippen molar-refractivity contribution in [2.24, 2.45) is 5.92 Å². The van der Waals surface area contributed by atoms with Crippen molar-refractivity contribution < 1.29 is 17.6 Å². The number of nitrogens with zero attached hydrogens (tertiary/aromatic N) is 1. The van der Waals surface area contributed by atoms with Gasteiger partial charge in [0.1, 0.15) is 5.82 Å². The quantitative estimate of drug-likeness (QED) is 0.881. The number of hydrogen-bond acceptors (Lipinski definition) is 4. The van der Waals surface area contributed by atoms with Crippen LogP contribution in [0.4, 0.5) is 10.1 Å². The second-order valence-electron chi connectivity index (χ2n) is 5.64. The first kappa shape index (κ1) is 17.2. The summed E-state index contributed by atoms with van der Waals surface area (Å²) in [7, 11) is -1.15. The first-order chi connectivity index (χ1) is 10.2. The molecule has 1 aliphatic rings. The highest BCUT2D eigenvalue weighted by Gasteiger charge is 2.28. The summed E-state index contributed by atoms with van der Waals surface area (Å²) in [6.07, 6.45) is 0.637. The molecule has 1 fully saturated rings. The van der Waals surface area contributed by atoms with Crippen LogP contribution in [0.2, 0.25) is 5.02 Å². The van der Waals surface area contributed by atoms with Crippen molar-refractivity contribution in [1.82, 2.24) is 4.90 Å². The molecule has 1 atom stereocenters. The highest BCUT2D eigenvalue weighted by molar-refractivity contribution is 7.91. The zero-order valence-electron chi connectivity index (χ0n) is 12.2. The van der Waals surface area contributed by atoms with Crippen LogP contribution < -0.4 is 5.32 Å². The van der Waals surface area contributed by atoms with Crippen LogP contribution in [0.1, 0.15) is 6.42 Å². The molecule has 5 nitrogen and oxygen atoms in total. The maximum atomic E-state index is 12.9. The summed E-state index contributed by atoms with van der Waals surface area (Å²) < 4.78 is 35.7. The molecule has 1 aromatic carbocycles. The number of likely N-dealkylation sites (N-methyl/N-ethyl adjacent to an activating group) is 1. The van der Waals surface area contributed by atoms with Crippen LogP contribution in [0.3, 0.4) is 0 Å². The number of carbonyl (C=O) groups excluding carboxylic acids is 1. The number of carbonyl (C=O) groups is 1. The fourth-order valence-electron chi connectivity index (χ4n) is 2.55. The van der Waals surface area contributed by atoms with Gasteiger partial charge in [0.2, 0.25) is 5.91 Å². The molecule has 0 radical (unpaired) electrons. The molecule has 22 heavy (non-hydrogen) atoms. The summed E-state index contributed by atoms with van der Waals surface area (Å²) in [6.45, 7) is 0.661. The molecule has 8 heteroatoms. The molecule has 122 valence electrons. The van der Waals surface area contributed by atoms with E-state index in [1.165, 1.54) is 12.1 Å². The zero-order chi connectivity index (χ0) is 16.3. The third-order valence-electron chi connectivity index (χ3n) is 3.52. The van der Waals surface area contributed by atoms with Crippen LogP contribution in [0.15, 0.2) is 18.2 Å². The van der Waals surface area contributed by atoms with Gasteiger partial charge in [-0.1, -0.05) is 11.6 Å². The zero-order valence-corrected chi connectivity index (χ0v) is 13.8. The number of anilines is 1. The summed E-state index contributed by atoms with van der Waals surface area (Å²) in [6, 6.07) is 3.75. The highest BCUT2D eigenvalue weighted by atomic mass is 35.5. The number of benzene rings is 1. The molecule has 1 amide bonds. The first-order valence-corrected chi connectivity index (χ1v) is 9.09. The van der Waals surface area contributed by atoms with Crippen LogP contribution >= 0.6 is 11.6 Å². The average molecular weight is 349 g/mol. The summed E-state index contributed by atoms with van der Waals surface area (Å²) in [5.41, 5.74) is 0.352. The van der Waals surface area contributed by atoms with E-state index in [0.29, 0.717) is 18.7 Å². The second kappa shape index (κ2) is 6.93. The van der Waals surface area contributed by atoms with Crippen LogP contribution in [0, 0.1) is 11.7 Å². The van der Waals surface area contributed by atoms with E-state index in [1.54, 1.807) is 11.9 Å². The van der Waals surface area contributed by atoms with E-state index in [4.69, 9.17) is 11.6 Å². The monoisotopic (exact) mass is 348 g/mol. The molecule has 0 bridgehead atoms. The Hall–Kier alpha value is -1.18. The molecule has 2 rings (SSSR count). The summed E-state index contributed by atoms with van der Waals surface area (Å²) in [4.78, 5) is 13.7. The van der Waals surface area contributed by atoms with Gasteiger partial charge in [-0.2, -0.15) is 0 Å². The number of hydrogen-bond donors (Lipinski definition) is 1. The Morgan fingerprint density at radius 2 is 2.23 bits per heavy atom. The van der Waals surface area contributed by atoms with E-state index in [1.807, 2.05) is 0 Å². The minimum atomic E-state index is -2.91. The molecule has 0 spiro atoms. The fraction of sp³-hybridized carbons (Fsp3) is 0.500. The van der Waals surface area contributed by atoms with Crippen LogP contribution in [0.25, 0.3) is 0 Å². The van der Waals surface area contributed by atoms with E-state index in [0.717, 1.165) is 6.07 Å². The maximum Gasteiger partial charge on any atom is 0.238 e. The minimum Gasteiger partial charge on any atom is -0.324 e. The third kappa shape index (κ3) is 4.93. The Kier molecular flexibility index (Phi) is 5.41. The van der Waals surface area contributed by atoms with Crippen LogP contribution in [-0.2, 0) is 14.6 Å². The van der Waals surface area contributed by atoms with Crippen LogP contribution in [0.5, 0.6) is 0 Å². The van der Waals surface area contributed by atoms with Gasteiger partial charge in [-0.25, -0.2) is 12.8 Å². The molecule has 0 saturated carbocycles. The van der Waals surface area contributed by atoms with Gasteiger partial charge in [-0.15, -0.1) is 0 Å². The summed E-state index contributed by atoms with van der Waals surface area (Å²) in [5.74, 6) is -0.275. The Bertz CT molecular complexity index is 666. The lowest BCUT2D eigenvalue weighted by atomic mass is 10.1. The van der Waals surface area contributed by atoms with E-state index < -0.39 is 15.7 Å². The molecule has 1 N–H and O–H groups in total. The maximum absolute atomic E-state index is 12.9. The van der Waals surface area contributed by atoms with Crippen molar-refractivity contribution in [3.8, 4) is 0 Å². The lowest BCUT2D eigenvalue weighted by Crippen LogP contribution is -2.34. The Morgan fingerprint density at radius 3 is 2.82 bits per heavy atom.